The summed E-state index contributed by atoms with van der Waals surface area (Å²) in [6, 6.07) is 37.2. The molecule has 0 fully saturated rings. The fraction of sp³-hybridized carbons (Fsp3) is 0.342. The number of halogens is 2. The first-order valence-electron chi connectivity index (χ1n) is 15.4. The zero-order chi connectivity index (χ0) is 32.3. The fourth-order valence-electron chi connectivity index (χ4n) is 4.10. The summed E-state index contributed by atoms with van der Waals surface area (Å²) in [4.78, 5) is 15.5. The maximum absolute atomic E-state index is 12.0. The molecule has 0 bridgehead atoms. The molecule has 0 saturated heterocycles. The Morgan fingerprint density at radius 2 is 1.05 bits per heavy atom. The first-order valence-corrected chi connectivity index (χ1v) is 17.0. The summed E-state index contributed by atoms with van der Waals surface area (Å²) in [7, 11) is 0. The van der Waals surface area contributed by atoms with E-state index in [0.717, 1.165) is 36.1 Å². The van der Waals surface area contributed by atoms with Crippen molar-refractivity contribution in [2.75, 3.05) is 19.8 Å². The second kappa shape index (κ2) is 26.8. The Hall–Kier alpha value is -2.61. The minimum absolute atomic E-state index is 0.215. The van der Waals surface area contributed by atoms with Crippen molar-refractivity contribution in [3.8, 4) is 0 Å². The number of ether oxygens (including phenoxy) is 1. The van der Waals surface area contributed by atoms with Gasteiger partial charge in [-0.25, -0.2) is 4.89 Å². The lowest BCUT2D eigenvalue weighted by atomic mass is 10.0. The number of hydrogen-bond donors (Lipinski definition) is 1. The summed E-state index contributed by atoms with van der Waals surface area (Å²) >= 11 is 6.89. The van der Waals surface area contributed by atoms with Crippen molar-refractivity contribution < 1.29 is 19.7 Å². The molecule has 4 aromatic carbocycles. The summed E-state index contributed by atoms with van der Waals surface area (Å²) in [5.74, 6) is 0.215. The molecule has 0 amide bonds. The SMILES string of the molecule is Brc1cccc(CCCCc2ccccc2)c1.CCOCC.CCOO.O=C(CCCc1ccccc1)c1cccc(Br)c1. The van der Waals surface area contributed by atoms with Crippen LogP contribution in [0, 0.1) is 0 Å². The molecule has 0 unspecified atom stereocenters. The van der Waals surface area contributed by atoms with Crippen molar-refractivity contribution in [1.82, 2.24) is 0 Å². The van der Waals surface area contributed by atoms with Crippen LogP contribution in [0.3, 0.4) is 0 Å². The lowest BCUT2D eigenvalue weighted by Crippen LogP contribution is -1.99. The van der Waals surface area contributed by atoms with Gasteiger partial charge in [0, 0.05) is 34.1 Å². The molecule has 238 valence electrons. The third kappa shape index (κ3) is 20.4. The molecule has 44 heavy (non-hydrogen) atoms. The van der Waals surface area contributed by atoms with Gasteiger partial charge < -0.3 is 4.74 Å². The number of aryl methyl sites for hydroxylation is 3. The van der Waals surface area contributed by atoms with Gasteiger partial charge in [0.15, 0.2) is 5.78 Å². The summed E-state index contributed by atoms with van der Waals surface area (Å²) in [6.07, 6.45) is 7.34. The van der Waals surface area contributed by atoms with Crippen LogP contribution in [0.5, 0.6) is 0 Å². The summed E-state index contributed by atoms with van der Waals surface area (Å²) < 4.78 is 6.97. The summed E-state index contributed by atoms with van der Waals surface area (Å²) in [5.41, 5.74) is 4.95. The number of hydrogen-bond acceptors (Lipinski definition) is 4. The van der Waals surface area contributed by atoms with Crippen LogP contribution >= 0.6 is 31.9 Å². The molecule has 4 nitrogen and oxygen atoms in total. The van der Waals surface area contributed by atoms with Gasteiger partial charge >= 0.3 is 0 Å². The van der Waals surface area contributed by atoms with E-state index in [-0.39, 0.29) is 5.78 Å². The standard InChI is InChI=1S/C16H15BrO.C16H17Br.C4H10O.C2H6O2/c17-15-10-5-9-14(12-15)16(18)11-4-8-13-6-2-1-3-7-13;17-16-12-6-11-15(13-16)10-5-4-9-14-7-2-1-3-8-14;1-3-5-4-2;1-2-4-3/h1-3,5-7,9-10,12H,4,8,11H2;1-3,6-8,11-13H,4-5,9-10H2;3-4H2,1-2H3;3H,2H2,1H3. The third-order valence-corrected chi connectivity index (χ3v) is 7.30. The van der Waals surface area contributed by atoms with E-state index < -0.39 is 0 Å². The molecule has 6 heteroatoms. The van der Waals surface area contributed by atoms with Crippen molar-refractivity contribution in [2.24, 2.45) is 0 Å². The first-order chi connectivity index (χ1) is 21.4. The smallest absolute Gasteiger partial charge is 0.162 e. The summed E-state index contributed by atoms with van der Waals surface area (Å²) in [5, 5.41) is 7.38. The Labute approximate surface area is 282 Å². The second-order valence-corrected chi connectivity index (χ2v) is 11.6. The van der Waals surface area contributed by atoms with E-state index in [1.807, 2.05) is 56.3 Å². The number of Topliss-reactive ketones (excluding diaryl/α,β-unsaturated/α-hetero) is 1. The van der Waals surface area contributed by atoms with E-state index in [1.165, 1.54) is 46.8 Å². The minimum atomic E-state index is 0.215. The predicted octanol–water partition coefficient (Wildman–Crippen LogP) is 11.2. The third-order valence-electron chi connectivity index (χ3n) is 6.31. The number of rotatable bonds is 13. The van der Waals surface area contributed by atoms with Gasteiger partial charge in [-0.15, -0.1) is 0 Å². The van der Waals surface area contributed by atoms with Crippen LogP contribution in [0.25, 0.3) is 0 Å². The van der Waals surface area contributed by atoms with Gasteiger partial charge in [0.1, 0.15) is 0 Å². The predicted molar refractivity (Wildman–Crippen MR) is 192 cm³/mol. The molecule has 0 heterocycles. The molecule has 0 aliphatic carbocycles. The Morgan fingerprint density at radius 1 is 0.591 bits per heavy atom. The maximum Gasteiger partial charge on any atom is 0.162 e. The summed E-state index contributed by atoms with van der Waals surface area (Å²) in [6.45, 7) is 7.75. The van der Waals surface area contributed by atoms with Crippen LogP contribution in [0.2, 0.25) is 0 Å². The van der Waals surface area contributed by atoms with Crippen molar-refractivity contribution in [2.45, 2.75) is 65.7 Å². The molecule has 0 aromatic heterocycles. The topological polar surface area (TPSA) is 55.8 Å². The number of benzene rings is 4. The molecular weight excluding hydrogens is 680 g/mol. The molecular formula is C38H48Br2O4. The van der Waals surface area contributed by atoms with E-state index in [0.29, 0.717) is 13.0 Å². The van der Waals surface area contributed by atoms with E-state index in [1.54, 1.807) is 6.92 Å². The normalized spacial score (nSPS) is 9.86. The number of carbonyl (C=O) groups is 1. The van der Waals surface area contributed by atoms with Crippen LogP contribution in [-0.2, 0) is 28.9 Å². The molecule has 0 aliphatic rings. The van der Waals surface area contributed by atoms with Gasteiger partial charge in [0.25, 0.3) is 0 Å². The van der Waals surface area contributed by atoms with Crippen LogP contribution < -0.4 is 0 Å². The van der Waals surface area contributed by atoms with Gasteiger partial charge in [-0.1, -0.05) is 117 Å². The zero-order valence-corrected chi connectivity index (χ0v) is 29.6. The van der Waals surface area contributed by atoms with Crippen LogP contribution in [0.15, 0.2) is 118 Å². The van der Waals surface area contributed by atoms with Crippen LogP contribution in [0.1, 0.15) is 73.5 Å². The van der Waals surface area contributed by atoms with Crippen LogP contribution in [0.4, 0.5) is 0 Å². The van der Waals surface area contributed by atoms with Gasteiger partial charge in [0.05, 0.1) is 6.61 Å². The number of unbranched alkanes of at least 4 members (excludes halogenated alkanes) is 1. The van der Waals surface area contributed by atoms with Gasteiger partial charge in [-0.2, -0.15) is 0 Å². The molecule has 0 spiro atoms. The van der Waals surface area contributed by atoms with E-state index in [9.17, 15) is 4.79 Å². The monoisotopic (exact) mass is 726 g/mol. The molecule has 0 radical (unpaired) electrons. The second-order valence-electron chi connectivity index (χ2n) is 9.79. The molecule has 0 saturated carbocycles. The number of ketones is 1. The van der Waals surface area contributed by atoms with Gasteiger partial charge in [-0.3, -0.25) is 10.1 Å². The van der Waals surface area contributed by atoms with E-state index >= 15 is 0 Å². The highest BCUT2D eigenvalue weighted by molar-refractivity contribution is 9.10. The van der Waals surface area contributed by atoms with Crippen molar-refractivity contribution in [3.63, 3.8) is 0 Å². The Kier molecular flexibility index (Phi) is 24.0. The molecule has 4 rings (SSSR count). The Morgan fingerprint density at radius 3 is 1.50 bits per heavy atom. The number of carbonyl (C=O) groups excluding carboxylic acids is 1. The minimum Gasteiger partial charge on any atom is -0.382 e. The maximum atomic E-state index is 12.0. The highest BCUT2D eigenvalue weighted by Gasteiger charge is 2.06. The highest BCUT2D eigenvalue weighted by Crippen LogP contribution is 2.16. The first kappa shape index (κ1) is 39.4. The lowest BCUT2D eigenvalue weighted by molar-refractivity contribution is -0.237. The van der Waals surface area contributed by atoms with E-state index in [2.05, 4.69) is 103 Å². The molecule has 4 aromatic rings. The largest absolute Gasteiger partial charge is 0.382 e. The quantitative estimate of drug-likeness (QED) is 0.0645. The van der Waals surface area contributed by atoms with Gasteiger partial charge in [0.2, 0.25) is 0 Å². The average Bonchev–Trinajstić information content (AvgIpc) is 3.05. The lowest BCUT2D eigenvalue weighted by Gasteiger charge is -2.03. The van der Waals surface area contributed by atoms with Gasteiger partial charge in [-0.05, 0) is 100 Å². The van der Waals surface area contributed by atoms with E-state index in [4.69, 9.17) is 9.99 Å². The van der Waals surface area contributed by atoms with Crippen LogP contribution in [-0.4, -0.2) is 30.9 Å². The van der Waals surface area contributed by atoms with Crippen molar-refractivity contribution >= 4 is 37.6 Å². The molecule has 1 N–H and O–H groups in total. The molecule has 0 atom stereocenters. The van der Waals surface area contributed by atoms with Crippen molar-refractivity contribution in [1.29, 1.82) is 0 Å². The van der Waals surface area contributed by atoms with Crippen molar-refractivity contribution in [3.05, 3.63) is 140 Å². The average molecular weight is 729 g/mol. The zero-order valence-electron chi connectivity index (χ0n) is 26.4. The Bertz CT molecular complexity index is 1250. The molecule has 0 aliphatic heterocycles. The fourth-order valence-corrected chi connectivity index (χ4v) is 4.95. The highest BCUT2D eigenvalue weighted by atomic mass is 79.9. The Balaban J connectivity index is 0.000000346.